The predicted molar refractivity (Wildman–Crippen MR) is 28.6 cm³/mol. The van der Waals surface area contributed by atoms with Crippen molar-refractivity contribution in [2.45, 2.75) is 19.8 Å². The third kappa shape index (κ3) is 57.8. The van der Waals surface area contributed by atoms with Crippen LogP contribution in [0.1, 0.15) is 19.8 Å². The molecule has 0 saturated carbocycles. The van der Waals surface area contributed by atoms with E-state index in [2.05, 4.69) is 25.5 Å². The third-order valence-electron chi connectivity index (χ3n) is 0.354. The number of unbranched alkanes of at least 4 members (excludes halogenated alkanes) is 1. The van der Waals surface area contributed by atoms with E-state index in [0.29, 0.717) is 0 Å². The van der Waals surface area contributed by atoms with Crippen LogP contribution in [0.15, 0.2) is 0 Å². The summed E-state index contributed by atoms with van der Waals surface area (Å²) in [5, 5.41) is 0. The van der Waals surface area contributed by atoms with E-state index in [1.165, 1.54) is 6.42 Å². The first-order chi connectivity index (χ1) is 2.91. The van der Waals surface area contributed by atoms with Gasteiger partial charge in [-0.15, -0.1) is 0 Å². The van der Waals surface area contributed by atoms with E-state index in [1.54, 1.807) is 0 Å². The second-order valence-electron chi connectivity index (χ2n) is 0.854. The molecular weight excluding hydrogens is 83.0 g/mol. The molecule has 4 N–H and O–H groups in total. The zero-order chi connectivity index (χ0) is 5.41. The molecule has 0 spiro atoms. The largest absolute Gasteiger partial charge is 1.00 e. The maximum absolute atomic E-state index is 4.00. The Bertz CT molecular complexity index is 11.7. The summed E-state index contributed by atoms with van der Waals surface area (Å²) in [5.41, 5.74) is 0. The summed E-state index contributed by atoms with van der Waals surface area (Å²) in [7, 11) is 0. The van der Waals surface area contributed by atoms with Crippen LogP contribution in [-0.4, -0.2) is 0 Å². The molecule has 2 nitrogen and oxygen atoms in total. The van der Waals surface area contributed by atoms with E-state index in [4.69, 9.17) is 0 Å². The van der Waals surface area contributed by atoms with Crippen LogP contribution in [0, 0.1) is 6.92 Å². The van der Waals surface area contributed by atoms with Crippen molar-refractivity contribution in [3.63, 3.8) is 0 Å². The molecule has 0 bridgehead atoms. The molecule has 0 rings (SSSR count). The quantitative estimate of drug-likeness (QED) is 0.163. The molecule has 0 atom stereocenters. The Morgan fingerprint density at radius 3 is 1.57 bits per heavy atom. The van der Waals surface area contributed by atoms with Crippen LogP contribution in [0.3, 0.4) is 0 Å². The molecular formula is C4H13LiN2. The van der Waals surface area contributed by atoms with Gasteiger partial charge in [-0.3, -0.25) is 11.7 Å². The second kappa shape index (κ2) is 31.3. The van der Waals surface area contributed by atoms with E-state index in [9.17, 15) is 0 Å². The fourth-order valence-electron chi connectivity index (χ4n) is 0. The number of hydrogen-bond donors (Lipinski definition) is 2. The van der Waals surface area contributed by atoms with Gasteiger partial charge in [-0.05, 0) is 0 Å². The van der Waals surface area contributed by atoms with Gasteiger partial charge in [0, 0.05) is 0 Å². The minimum atomic E-state index is 0. The van der Waals surface area contributed by atoms with Crippen LogP contribution >= 0.6 is 0 Å². The van der Waals surface area contributed by atoms with E-state index >= 15 is 0 Å². The Labute approximate surface area is 57.8 Å². The van der Waals surface area contributed by atoms with E-state index < -0.39 is 0 Å². The normalized spacial score (nSPS) is 5.14. The zero-order valence-electron chi connectivity index (χ0n) is 5.28. The summed E-state index contributed by atoms with van der Waals surface area (Å²) < 4.78 is 0. The minimum Gasteiger partial charge on any atom is -0.343 e. The maximum atomic E-state index is 4.00. The van der Waals surface area contributed by atoms with Crippen molar-refractivity contribution >= 4 is 0 Å². The molecule has 0 aliphatic rings. The molecule has 7 heavy (non-hydrogen) atoms. The summed E-state index contributed by atoms with van der Waals surface area (Å²) in [6.45, 7) is 5.72. The zero-order valence-corrected chi connectivity index (χ0v) is 5.28. The van der Waals surface area contributed by atoms with Crippen LogP contribution in [0.25, 0.3) is 0 Å². The van der Waals surface area contributed by atoms with Crippen molar-refractivity contribution in [3.8, 4) is 0 Å². The van der Waals surface area contributed by atoms with Crippen molar-refractivity contribution < 1.29 is 18.9 Å². The molecule has 0 aromatic carbocycles. The Morgan fingerprint density at radius 2 is 1.57 bits per heavy atom. The second-order valence-corrected chi connectivity index (χ2v) is 0.854. The summed E-state index contributed by atoms with van der Waals surface area (Å²) in [6, 6.07) is 0. The molecule has 0 saturated heterocycles. The van der Waals surface area contributed by atoms with Gasteiger partial charge < -0.3 is 6.92 Å². The van der Waals surface area contributed by atoms with E-state index in [-0.39, 0.29) is 18.9 Å². The number of nitrogens with two attached hydrogens (primary N) is 2. The SMILES string of the molecule is NN.[CH2-]CCC.[Li+]. The average molecular weight is 96.1 g/mol. The fraction of sp³-hybridized carbons (Fsp3) is 0.750. The summed E-state index contributed by atoms with van der Waals surface area (Å²) in [6.07, 6.45) is 2.28. The topological polar surface area (TPSA) is 52.0 Å². The Kier molecular flexibility index (Phi) is 70.0. The van der Waals surface area contributed by atoms with Gasteiger partial charge in [0.2, 0.25) is 0 Å². The molecule has 0 aliphatic heterocycles. The third-order valence-corrected chi connectivity index (χ3v) is 0.354. The van der Waals surface area contributed by atoms with E-state index in [0.717, 1.165) is 6.42 Å². The number of rotatable bonds is 1. The van der Waals surface area contributed by atoms with Crippen molar-refractivity contribution in [1.29, 1.82) is 0 Å². The molecule has 0 aromatic rings. The van der Waals surface area contributed by atoms with Gasteiger partial charge in [0.1, 0.15) is 0 Å². The van der Waals surface area contributed by atoms with Crippen LogP contribution in [0.2, 0.25) is 0 Å². The van der Waals surface area contributed by atoms with Crippen LogP contribution < -0.4 is 30.5 Å². The van der Waals surface area contributed by atoms with Crippen LogP contribution in [0.5, 0.6) is 0 Å². The molecule has 40 valence electrons. The van der Waals surface area contributed by atoms with Crippen LogP contribution in [0.4, 0.5) is 0 Å². The van der Waals surface area contributed by atoms with E-state index in [1.807, 2.05) is 0 Å². The van der Waals surface area contributed by atoms with Gasteiger partial charge in [-0.2, -0.15) is 6.42 Å². The Morgan fingerprint density at radius 1 is 1.43 bits per heavy atom. The predicted octanol–water partition coefficient (Wildman–Crippen LogP) is -2.56. The first kappa shape index (κ1) is 15.6. The van der Waals surface area contributed by atoms with Crippen LogP contribution in [-0.2, 0) is 0 Å². The molecule has 0 heterocycles. The number of hydrazine groups is 1. The standard InChI is InChI=1S/C4H9.Li.H4N2/c1-3-4-2;;1-2/h1,3-4H2,2H3;;1-2H2/q-1;+1;. The van der Waals surface area contributed by atoms with Gasteiger partial charge in [0.25, 0.3) is 0 Å². The number of hydrogen-bond acceptors (Lipinski definition) is 2. The fourth-order valence-corrected chi connectivity index (χ4v) is 0. The molecule has 0 unspecified atom stereocenters. The Balaban J connectivity index is -0.0000000480. The minimum absolute atomic E-state index is 0. The molecule has 0 aliphatic carbocycles. The molecule has 0 fully saturated rings. The van der Waals surface area contributed by atoms with Crippen molar-refractivity contribution in [3.05, 3.63) is 6.92 Å². The summed E-state index contributed by atoms with van der Waals surface area (Å²) >= 11 is 0. The smallest absolute Gasteiger partial charge is 0.343 e. The molecule has 0 amide bonds. The van der Waals surface area contributed by atoms with Crippen molar-refractivity contribution in [2.24, 2.45) is 11.7 Å². The van der Waals surface area contributed by atoms with Gasteiger partial charge in [-0.1, -0.05) is 13.3 Å². The average Bonchev–Trinajstić information content (AvgIpc) is 1.72. The molecule has 3 heteroatoms. The molecule has 0 aromatic heterocycles. The molecule has 0 radical (unpaired) electrons. The van der Waals surface area contributed by atoms with Gasteiger partial charge >= 0.3 is 18.9 Å². The van der Waals surface area contributed by atoms with Crippen molar-refractivity contribution in [1.82, 2.24) is 0 Å². The van der Waals surface area contributed by atoms with Crippen molar-refractivity contribution in [2.75, 3.05) is 0 Å². The van der Waals surface area contributed by atoms with Gasteiger partial charge in [0.15, 0.2) is 0 Å². The Hall–Kier alpha value is 0.517. The van der Waals surface area contributed by atoms with Gasteiger partial charge in [0.05, 0.1) is 0 Å². The van der Waals surface area contributed by atoms with Gasteiger partial charge in [-0.25, -0.2) is 0 Å². The summed E-state index contributed by atoms with van der Waals surface area (Å²) in [5.74, 6) is 8.00. The first-order valence-corrected chi connectivity index (χ1v) is 2.04. The summed E-state index contributed by atoms with van der Waals surface area (Å²) in [4.78, 5) is 0. The monoisotopic (exact) mass is 96.1 g/mol. The first-order valence-electron chi connectivity index (χ1n) is 2.04. The maximum Gasteiger partial charge on any atom is 1.00 e.